The molecule has 3 heteroatoms. The highest BCUT2D eigenvalue weighted by Gasteiger charge is 2.19. The van der Waals surface area contributed by atoms with E-state index < -0.39 is 0 Å². The van der Waals surface area contributed by atoms with Gasteiger partial charge in [-0.3, -0.25) is 0 Å². The Labute approximate surface area is 110 Å². The first kappa shape index (κ1) is 14.5. The highest BCUT2D eigenvalue weighted by molar-refractivity contribution is 5.30. The van der Waals surface area contributed by atoms with Gasteiger partial charge in [-0.1, -0.05) is 19.1 Å². The van der Waals surface area contributed by atoms with Crippen LogP contribution in [0.25, 0.3) is 0 Å². The Morgan fingerprint density at radius 3 is 2.28 bits per heavy atom. The van der Waals surface area contributed by atoms with Crippen LogP contribution in [0.3, 0.4) is 0 Å². The average Bonchev–Trinajstić information content (AvgIpc) is 2.36. The number of rotatable bonds is 6. The molecule has 98 valence electrons. The van der Waals surface area contributed by atoms with Gasteiger partial charge in [0.1, 0.15) is 5.75 Å². The zero-order valence-corrected chi connectivity index (χ0v) is 11.6. The third-order valence-corrected chi connectivity index (χ3v) is 2.93. The number of nitrogens with one attached hydrogen (secondary N) is 1. The summed E-state index contributed by atoms with van der Waals surface area (Å²) in [5.41, 5.74) is 1.13. The minimum Gasteiger partial charge on any atom is -0.491 e. The zero-order chi connectivity index (χ0) is 13.5. The third kappa shape index (κ3) is 3.75. The molecule has 0 aliphatic rings. The maximum absolute atomic E-state index is 9.15. The summed E-state index contributed by atoms with van der Waals surface area (Å²) in [6.07, 6.45) is 1.02. The summed E-state index contributed by atoms with van der Waals surface area (Å²) in [4.78, 5) is 0. The lowest BCUT2D eigenvalue weighted by molar-refractivity contribution is 0.242. The van der Waals surface area contributed by atoms with Crippen molar-refractivity contribution in [1.29, 1.82) is 5.26 Å². The molecule has 1 aromatic carbocycles. The van der Waals surface area contributed by atoms with Crippen LogP contribution in [0.15, 0.2) is 24.3 Å². The van der Waals surface area contributed by atoms with Crippen LogP contribution in [0.1, 0.15) is 38.8 Å². The van der Waals surface area contributed by atoms with Crippen LogP contribution >= 0.6 is 0 Å². The minimum absolute atomic E-state index is 0.00753. The van der Waals surface area contributed by atoms with Gasteiger partial charge in [0.25, 0.3) is 0 Å². The Kier molecular flexibility index (Phi) is 5.67. The van der Waals surface area contributed by atoms with Crippen molar-refractivity contribution in [1.82, 2.24) is 5.32 Å². The quantitative estimate of drug-likeness (QED) is 0.837. The smallest absolute Gasteiger partial charge is 0.119 e. The Bertz CT molecular complexity index is 392. The van der Waals surface area contributed by atoms with Gasteiger partial charge in [-0.15, -0.1) is 0 Å². The molecule has 1 aromatic rings. The van der Waals surface area contributed by atoms with Crippen LogP contribution in [0.2, 0.25) is 0 Å². The summed E-state index contributed by atoms with van der Waals surface area (Å²) in [6, 6.07) is 10.4. The van der Waals surface area contributed by atoms with Crippen molar-refractivity contribution in [2.45, 2.75) is 39.3 Å². The van der Waals surface area contributed by atoms with Gasteiger partial charge in [0, 0.05) is 6.04 Å². The van der Waals surface area contributed by atoms with E-state index in [1.165, 1.54) is 0 Å². The van der Waals surface area contributed by atoms with Crippen molar-refractivity contribution in [2.24, 2.45) is 5.92 Å². The summed E-state index contributed by atoms with van der Waals surface area (Å²) >= 11 is 0. The van der Waals surface area contributed by atoms with Crippen LogP contribution in [0, 0.1) is 17.2 Å². The Morgan fingerprint density at radius 1 is 1.28 bits per heavy atom. The van der Waals surface area contributed by atoms with Crippen LogP contribution in [-0.2, 0) is 0 Å². The molecule has 2 atom stereocenters. The molecule has 1 rings (SSSR count). The van der Waals surface area contributed by atoms with E-state index in [-0.39, 0.29) is 18.1 Å². The van der Waals surface area contributed by atoms with Crippen molar-refractivity contribution < 1.29 is 4.74 Å². The lowest BCUT2D eigenvalue weighted by Crippen LogP contribution is -2.24. The molecule has 0 saturated carbocycles. The number of hydrogen-bond acceptors (Lipinski definition) is 3. The molecule has 2 unspecified atom stereocenters. The SMILES string of the molecule is CCC(C#N)C(NC)c1ccc(OC(C)C)cc1. The fourth-order valence-corrected chi connectivity index (χ4v) is 2.03. The van der Waals surface area contributed by atoms with E-state index in [2.05, 4.69) is 11.4 Å². The third-order valence-electron chi connectivity index (χ3n) is 2.93. The molecule has 0 aliphatic carbocycles. The maximum atomic E-state index is 9.15. The fourth-order valence-electron chi connectivity index (χ4n) is 2.03. The molecule has 0 radical (unpaired) electrons. The zero-order valence-electron chi connectivity index (χ0n) is 11.6. The van der Waals surface area contributed by atoms with E-state index in [1.807, 2.05) is 52.1 Å². The predicted molar refractivity (Wildman–Crippen MR) is 73.4 cm³/mol. The summed E-state index contributed by atoms with van der Waals surface area (Å²) in [6.45, 7) is 6.05. The van der Waals surface area contributed by atoms with Crippen molar-refractivity contribution in [2.75, 3.05) is 7.05 Å². The second-order valence-corrected chi connectivity index (χ2v) is 4.65. The molecule has 0 amide bonds. The standard InChI is InChI=1S/C15H22N2O/c1-5-12(10-16)15(17-4)13-6-8-14(9-7-13)18-11(2)3/h6-9,11-12,15,17H,5H2,1-4H3. The number of nitriles is 1. The van der Waals surface area contributed by atoms with Gasteiger partial charge >= 0.3 is 0 Å². The molecular formula is C15H22N2O. The lowest BCUT2D eigenvalue weighted by atomic mass is 9.92. The van der Waals surface area contributed by atoms with E-state index in [1.54, 1.807) is 0 Å². The molecular weight excluding hydrogens is 224 g/mol. The van der Waals surface area contributed by atoms with E-state index in [0.717, 1.165) is 17.7 Å². The molecule has 0 aromatic heterocycles. The normalized spacial score (nSPS) is 14.0. The molecule has 0 bridgehead atoms. The predicted octanol–water partition coefficient (Wildman–Crippen LogP) is 3.28. The molecule has 0 fully saturated rings. The Balaban J connectivity index is 2.85. The molecule has 0 spiro atoms. The Hall–Kier alpha value is -1.53. The molecule has 0 saturated heterocycles. The van der Waals surface area contributed by atoms with Gasteiger partial charge in [0.15, 0.2) is 0 Å². The summed E-state index contributed by atoms with van der Waals surface area (Å²) in [5.74, 6) is 0.862. The van der Waals surface area contributed by atoms with E-state index in [9.17, 15) is 0 Å². The van der Waals surface area contributed by atoms with Crippen molar-refractivity contribution in [3.05, 3.63) is 29.8 Å². The van der Waals surface area contributed by atoms with Crippen molar-refractivity contribution in [3.8, 4) is 11.8 Å². The largest absolute Gasteiger partial charge is 0.491 e. The second kappa shape index (κ2) is 7.03. The molecule has 0 aliphatic heterocycles. The van der Waals surface area contributed by atoms with Gasteiger partial charge in [-0.05, 0) is 45.0 Å². The molecule has 18 heavy (non-hydrogen) atoms. The van der Waals surface area contributed by atoms with Gasteiger partial charge in [-0.25, -0.2) is 0 Å². The van der Waals surface area contributed by atoms with Gasteiger partial charge in [0.05, 0.1) is 18.1 Å². The van der Waals surface area contributed by atoms with Crippen molar-refractivity contribution >= 4 is 0 Å². The van der Waals surface area contributed by atoms with Crippen LogP contribution < -0.4 is 10.1 Å². The van der Waals surface area contributed by atoms with Crippen LogP contribution in [-0.4, -0.2) is 13.2 Å². The first-order valence-corrected chi connectivity index (χ1v) is 6.45. The van der Waals surface area contributed by atoms with E-state index in [0.29, 0.717) is 0 Å². The number of ether oxygens (including phenoxy) is 1. The van der Waals surface area contributed by atoms with Gasteiger partial charge in [-0.2, -0.15) is 5.26 Å². The fraction of sp³-hybridized carbons (Fsp3) is 0.533. The molecule has 3 nitrogen and oxygen atoms in total. The second-order valence-electron chi connectivity index (χ2n) is 4.65. The lowest BCUT2D eigenvalue weighted by Gasteiger charge is -2.21. The monoisotopic (exact) mass is 246 g/mol. The topological polar surface area (TPSA) is 45.0 Å². The number of nitrogens with zero attached hydrogens (tertiary/aromatic N) is 1. The summed E-state index contributed by atoms with van der Waals surface area (Å²) < 4.78 is 5.61. The highest BCUT2D eigenvalue weighted by atomic mass is 16.5. The first-order chi connectivity index (χ1) is 8.62. The Morgan fingerprint density at radius 2 is 1.89 bits per heavy atom. The van der Waals surface area contributed by atoms with Gasteiger partial charge in [0.2, 0.25) is 0 Å². The molecule has 0 heterocycles. The van der Waals surface area contributed by atoms with E-state index >= 15 is 0 Å². The first-order valence-electron chi connectivity index (χ1n) is 6.45. The molecule has 1 N–H and O–H groups in total. The highest BCUT2D eigenvalue weighted by Crippen LogP contribution is 2.25. The van der Waals surface area contributed by atoms with Crippen molar-refractivity contribution in [3.63, 3.8) is 0 Å². The maximum Gasteiger partial charge on any atom is 0.119 e. The van der Waals surface area contributed by atoms with Crippen LogP contribution in [0.4, 0.5) is 0 Å². The van der Waals surface area contributed by atoms with Gasteiger partial charge < -0.3 is 10.1 Å². The van der Waals surface area contributed by atoms with Crippen LogP contribution in [0.5, 0.6) is 5.75 Å². The average molecular weight is 246 g/mol. The van der Waals surface area contributed by atoms with E-state index in [4.69, 9.17) is 10.00 Å². The number of hydrogen-bond donors (Lipinski definition) is 1. The minimum atomic E-state index is -0.00753. The summed E-state index contributed by atoms with van der Waals surface area (Å²) in [7, 11) is 1.89. The number of benzene rings is 1. The summed E-state index contributed by atoms with van der Waals surface area (Å²) in [5, 5.41) is 12.4.